The lowest BCUT2D eigenvalue weighted by molar-refractivity contribution is -0.115. The number of carbonyl (C=O) groups excluding carboxylic acids is 1. The molecule has 4 heteroatoms. The van der Waals surface area contributed by atoms with E-state index >= 15 is 0 Å². The SMILES string of the molecule is CCc1ccc(CC(=O)Nc2cc(C)nn2-c2ccccc2)cc1. The Morgan fingerprint density at radius 3 is 2.38 bits per heavy atom. The van der Waals surface area contributed by atoms with E-state index in [1.807, 2.05) is 55.5 Å². The lowest BCUT2D eigenvalue weighted by atomic mass is 10.1. The van der Waals surface area contributed by atoms with Gasteiger partial charge in [-0.1, -0.05) is 49.4 Å². The number of nitrogens with one attached hydrogen (secondary N) is 1. The molecule has 3 aromatic rings. The second kappa shape index (κ2) is 7.13. The van der Waals surface area contributed by atoms with Crippen LogP contribution < -0.4 is 5.32 Å². The first-order valence-electron chi connectivity index (χ1n) is 8.15. The number of carbonyl (C=O) groups is 1. The zero-order valence-corrected chi connectivity index (χ0v) is 14.0. The van der Waals surface area contributed by atoms with Crippen LogP contribution in [0.2, 0.25) is 0 Å². The molecule has 0 aliphatic heterocycles. The highest BCUT2D eigenvalue weighted by Gasteiger charge is 2.11. The van der Waals surface area contributed by atoms with Gasteiger partial charge in [-0.25, -0.2) is 4.68 Å². The molecule has 0 radical (unpaired) electrons. The summed E-state index contributed by atoms with van der Waals surface area (Å²) >= 11 is 0. The first-order chi connectivity index (χ1) is 11.7. The van der Waals surface area contributed by atoms with Gasteiger partial charge in [0.15, 0.2) is 0 Å². The zero-order chi connectivity index (χ0) is 16.9. The number of aryl methyl sites for hydroxylation is 2. The quantitative estimate of drug-likeness (QED) is 0.774. The number of hydrogen-bond acceptors (Lipinski definition) is 2. The van der Waals surface area contributed by atoms with E-state index in [4.69, 9.17) is 0 Å². The Hall–Kier alpha value is -2.88. The second-order valence-electron chi connectivity index (χ2n) is 5.81. The second-order valence-corrected chi connectivity index (χ2v) is 5.81. The van der Waals surface area contributed by atoms with E-state index < -0.39 is 0 Å². The fourth-order valence-electron chi connectivity index (χ4n) is 2.62. The number of hydrogen-bond donors (Lipinski definition) is 1. The monoisotopic (exact) mass is 319 g/mol. The standard InChI is InChI=1S/C20H21N3O/c1-3-16-9-11-17(12-10-16)14-20(24)21-19-13-15(2)22-23(19)18-7-5-4-6-8-18/h4-13H,3,14H2,1-2H3,(H,21,24). The van der Waals surface area contributed by atoms with Crippen molar-refractivity contribution in [2.45, 2.75) is 26.7 Å². The average Bonchev–Trinajstić information content (AvgIpc) is 2.96. The van der Waals surface area contributed by atoms with Crippen molar-refractivity contribution in [3.63, 3.8) is 0 Å². The highest BCUT2D eigenvalue weighted by molar-refractivity contribution is 5.91. The minimum absolute atomic E-state index is 0.0451. The van der Waals surface area contributed by atoms with E-state index in [1.165, 1.54) is 5.56 Å². The van der Waals surface area contributed by atoms with Crippen molar-refractivity contribution in [2.24, 2.45) is 0 Å². The molecule has 1 amide bonds. The van der Waals surface area contributed by atoms with Crippen molar-refractivity contribution < 1.29 is 4.79 Å². The molecule has 0 atom stereocenters. The van der Waals surface area contributed by atoms with E-state index in [-0.39, 0.29) is 5.91 Å². The molecule has 4 nitrogen and oxygen atoms in total. The molecule has 1 heterocycles. The number of anilines is 1. The highest BCUT2D eigenvalue weighted by Crippen LogP contribution is 2.17. The molecule has 0 spiro atoms. The summed E-state index contributed by atoms with van der Waals surface area (Å²) in [4.78, 5) is 12.4. The Labute approximate surface area is 142 Å². The molecule has 122 valence electrons. The number of aromatic nitrogens is 2. The number of rotatable bonds is 5. The summed E-state index contributed by atoms with van der Waals surface area (Å²) in [6.45, 7) is 4.04. The molecule has 0 saturated carbocycles. The summed E-state index contributed by atoms with van der Waals surface area (Å²) in [5, 5.41) is 7.43. The third-order valence-electron chi connectivity index (χ3n) is 3.90. The van der Waals surface area contributed by atoms with Crippen LogP contribution in [0.15, 0.2) is 60.7 Å². The largest absolute Gasteiger partial charge is 0.310 e. The van der Waals surface area contributed by atoms with Crippen LogP contribution in [-0.4, -0.2) is 15.7 Å². The predicted molar refractivity (Wildman–Crippen MR) is 96.5 cm³/mol. The summed E-state index contributed by atoms with van der Waals surface area (Å²) in [5.41, 5.74) is 4.07. The molecule has 0 aliphatic carbocycles. The van der Waals surface area contributed by atoms with Crippen molar-refractivity contribution in [2.75, 3.05) is 5.32 Å². The van der Waals surface area contributed by atoms with Gasteiger partial charge in [0.05, 0.1) is 17.8 Å². The zero-order valence-electron chi connectivity index (χ0n) is 14.0. The van der Waals surface area contributed by atoms with Crippen LogP contribution in [-0.2, 0) is 17.6 Å². The van der Waals surface area contributed by atoms with Gasteiger partial charge < -0.3 is 5.32 Å². The predicted octanol–water partition coefficient (Wildman–Crippen LogP) is 3.92. The Morgan fingerprint density at radius 2 is 1.71 bits per heavy atom. The van der Waals surface area contributed by atoms with Gasteiger partial charge in [-0.05, 0) is 36.6 Å². The van der Waals surface area contributed by atoms with Crippen LogP contribution in [0.4, 0.5) is 5.82 Å². The molecule has 0 bridgehead atoms. The first-order valence-corrected chi connectivity index (χ1v) is 8.15. The van der Waals surface area contributed by atoms with E-state index in [2.05, 4.69) is 29.5 Å². The molecular formula is C20H21N3O. The maximum absolute atomic E-state index is 12.4. The Bertz CT molecular complexity index is 820. The minimum Gasteiger partial charge on any atom is -0.310 e. The lowest BCUT2D eigenvalue weighted by Gasteiger charge is -2.09. The fraction of sp³-hybridized carbons (Fsp3) is 0.200. The molecule has 1 aromatic heterocycles. The normalized spacial score (nSPS) is 10.6. The van der Waals surface area contributed by atoms with E-state index in [9.17, 15) is 4.79 Å². The van der Waals surface area contributed by atoms with Crippen LogP contribution in [0.5, 0.6) is 0 Å². The molecule has 0 saturated heterocycles. The fourth-order valence-corrected chi connectivity index (χ4v) is 2.62. The maximum atomic E-state index is 12.4. The van der Waals surface area contributed by atoms with E-state index in [0.717, 1.165) is 23.4 Å². The molecule has 24 heavy (non-hydrogen) atoms. The van der Waals surface area contributed by atoms with Crippen molar-refractivity contribution in [3.05, 3.63) is 77.5 Å². The van der Waals surface area contributed by atoms with Crippen LogP contribution >= 0.6 is 0 Å². The summed E-state index contributed by atoms with van der Waals surface area (Å²) < 4.78 is 1.76. The van der Waals surface area contributed by atoms with Gasteiger partial charge in [-0.15, -0.1) is 0 Å². The lowest BCUT2D eigenvalue weighted by Crippen LogP contribution is -2.17. The van der Waals surface area contributed by atoms with Gasteiger partial charge in [-0.3, -0.25) is 4.79 Å². The van der Waals surface area contributed by atoms with Gasteiger partial charge in [0.1, 0.15) is 5.82 Å². The van der Waals surface area contributed by atoms with Crippen LogP contribution in [0.25, 0.3) is 5.69 Å². The van der Waals surface area contributed by atoms with Crippen LogP contribution in [0, 0.1) is 6.92 Å². The summed E-state index contributed by atoms with van der Waals surface area (Å²) in [5.74, 6) is 0.644. The van der Waals surface area contributed by atoms with Gasteiger partial charge in [0.25, 0.3) is 0 Å². The molecule has 0 fully saturated rings. The number of amides is 1. The Balaban J connectivity index is 1.74. The van der Waals surface area contributed by atoms with Crippen LogP contribution in [0.1, 0.15) is 23.7 Å². The summed E-state index contributed by atoms with van der Waals surface area (Å²) in [7, 11) is 0. The van der Waals surface area contributed by atoms with Gasteiger partial charge in [0, 0.05) is 6.07 Å². The molecule has 3 rings (SSSR count). The van der Waals surface area contributed by atoms with Crippen LogP contribution in [0.3, 0.4) is 0 Å². The molecule has 1 N–H and O–H groups in total. The maximum Gasteiger partial charge on any atom is 0.229 e. The molecule has 0 aliphatic rings. The Kier molecular flexibility index (Phi) is 4.75. The summed E-state index contributed by atoms with van der Waals surface area (Å²) in [6.07, 6.45) is 1.35. The molecular weight excluding hydrogens is 298 g/mol. The average molecular weight is 319 g/mol. The topological polar surface area (TPSA) is 46.9 Å². The Morgan fingerprint density at radius 1 is 1.04 bits per heavy atom. The van der Waals surface area contributed by atoms with Crippen molar-refractivity contribution in [1.29, 1.82) is 0 Å². The number of para-hydroxylation sites is 1. The number of nitrogens with zero attached hydrogens (tertiary/aromatic N) is 2. The smallest absolute Gasteiger partial charge is 0.229 e. The third kappa shape index (κ3) is 3.71. The van der Waals surface area contributed by atoms with E-state index in [0.29, 0.717) is 12.2 Å². The third-order valence-corrected chi connectivity index (χ3v) is 3.90. The van der Waals surface area contributed by atoms with Gasteiger partial charge >= 0.3 is 0 Å². The molecule has 2 aromatic carbocycles. The highest BCUT2D eigenvalue weighted by atomic mass is 16.1. The van der Waals surface area contributed by atoms with Crippen molar-refractivity contribution in [3.8, 4) is 5.69 Å². The van der Waals surface area contributed by atoms with Crippen molar-refractivity contribution in [1.82, 2.24) is 9.78 Å². The van der Waals surface area contributed by atoms with Crippen molar-refractivity contribution >= 4 is 11.7 Å². The first kappa shape index (κ1) is 16.0. The summed E-state index contributed by atoms with van der Waals surface area (Å²) in [6, 6.07) is 19.8. The molecule has 0 unspecified atom stereocenters. The number of benzene rings is 2. The van der Waals surface area contributed by atoms with Gasteiger partial charge in [0.2, 0.25) is 5.91 Å². The van der Waals surface area contributed by atoms with E-state index in [1.54, 1.807) is 4.68 Å². The minimum atomic E-state index is -0.0451. The van der Waals surface area contributed by atoms with Gasteiger partial charge in [-0.2, -0.15) is 5.10 Å².